The number of aromatic amines is 1. The fourth-order valence-corrected chi connectivity index (χ4v) is 4.18. The maximum absolute atomic E-state index is 12.8. The molecule has 9 heteroatoms. The van der Waals surface area contributed by atoms with E-state index in [1.54, 1.807) is 6.20 Å². The number of morpholine rings is 1. The summed E-state index contributed by atoms with van der Waals surface area (Å²) in [7, 11) is 3.74. The van der Waals surface area contributed by atoms with Gasteiger partial charge in [0.2, 0.25) is 11.9 Å². The first-order chi connectivity index (χ1) is 14.5. The number of H-pyrrole nitrogens is 1. The minimum absolute atomic E-state index is 0.112. The van der Waals surface area contributed by atoms with Gasteiger partial charge < -0.3 is 19.5 Å². The molecule has 2 aliphatic rings. The van der Waals surface area contributed by atoms with Gasteiger partial charge in [-0.15, -0.1) is 0 Å². The SMILES string of the molecule is CN(C)c1ncc2c(=O)[nH]c([C@@H]3CCCN(C(=O)CCN4CCOCC4)C3)cc2n1. The van der Waals surface area contributed by atoms with E-state index in [0.717, 1.165) is 57.9 Å². The van der Waals surface area contributed by atoms with Gasteiger partial charge in [-0.3, -0.25) is 14.5 Å². The number of rotatable bonds is 5. The van der Waals surface area contributed by atoms with Gasteiger partial charge in [0.15, 0.2) is 0 Å². The number of pyridine rings is 1. The van der Waals surface area contributed by atoms with Crippen molar-refractivity contribution in [3.63, 3.8) is 0 Å². The maximum atomic E-state index is 12.8. The minimum Gasteiger partial charge on any atom is -0.379 e. The summed E-state index contributed by atoms with van der Waals surface area (Å²) in [6, 6.07) is 1.94. The summed E-state index contributed by atoms with van der Waals surface area (Å²) in [4.78, 5) is 43.2. The number of aromatic nitrogens is 3. The van der Waals surface area contributed by atoms with Crippen LogP contribution >= 0.6 is 0 Å². The van der Waals surface area contributed by atoms with Crippen LogP contribution in [0.3, 0.4) is 0 Å². The first-order valence-corrected chi connectivity index (χ1v) is 10.7. The van der Waals surface area contributed by atoms with E-state index >= 15 is 0 Å². The third-order valence-corrected chi connectivity index (χ3v) is 5.96. The zero-order valence-electron chi connectivity index (χ0n) is 17.8. The molecule has 4 rings (SSSR count). The van der Waals surface area contributed by atoms with Gasteiger partial charge in [0.05, 0.1) is 24.1 Å². The Morgan fingerprint density at radius 3 is 2.87 bits per heavy atom. The smallest absolute Gasteiger partial charge is 0.259 e. The summed E-state index contributed by atoms with van der Waals surface area (Å²) in [6.45, 7) is 5.47. The van der Waals surface area contributed by atoms with Gasteiger partial charge in [0.25, 0.3) is 5.56 Å². The van der Waals surface area contributed by atoms with Crippen molar-refractivity contribution in [3.8, 4) is 0 Å². The third kappa shape index (κ3) is 4.62. The molecule has 2 aromatic rings. The highest BCUT2D eigenvalue weighted by atomic mass is 16.5. The second-order valence-corrected chi connectivity index (χ2v) is 8.30. The van der Waals surface area contributed by atoms with E-state index in [2.05, 4.69) is 19.9 Å². The van der Waals surface area contributed by atoms with Crippen molar-refractivity contribution in [1.29, 1.82) is 0 Å². The van der Waals surface area contributed by atoms with Crippen LogP contribution in [0.5, 0.6) is 0 Å². The zero-order valence-corrected chi connectivity index (χ0v) is 17.8. The Bertz CT molecular complexity index is 953. The van der Waals surface area contributed by atoms with E-state index in [1.165, 1.54) is 0 Å². The predicted molar refractivity (Wildman–Crippen MR) is 115 cm³/mol. The van der Waals surface area contributed by atoms with Gasteiger partial charge in [-0.25, -0.2) is 9.97 Å². The number of carbonyl (C=O) groups excluding carboxylic acids is 1. The number of nitrogens with zero attached hydrogens (tertiary/aromatic N) is 5. The first-order valence-electron chi connectivity index (χ1n) is 10.7. The molecule has 0 unspecified atom stereocenters. The molecule has 1 amide bonds. The van der Waals surface area contributed by atoms with E-state index < -0.39 is 0 Å². The van der Waals surface area contributed by atoms with Gasteiger partial charge in [0.1, 0.15) is 0 Å². The Morgan fingerprint density at radius 2 is 2.10 bits per heavy atom. The maximum Gasteiger partial charge on any atom is 0.259 e. The fourth-order valence-electron chi connectivity index (χ4n) is 4.18. The lowest BCUT2D eigenvalue weighted by Gasteiger charge is -2.34. The van der Waals surface area contributed by atoms with E-state index in [9.17, 15) is 9.59 Å². The molecule has 2 saturated heterocycles. The molecule has 162 valence electrons. The van der Waals surface area contributed by atoms with Crippen LogP contribution in [0.25, 0.3) is 10.9 Å². The van der Waals surface area contributed by atoms with E-state index in [-0.39, 0.29) is 17.4 Å². The fraction of sp³-hybridized carbons (Fsp3) is 0.619. The molecule has 0 saturated carbocycles. The molecule has 4 heterocycles. The highest BCUT2D eigenvalue weighted by Gasteiger charge is 2.26. The number of carbonyl (C=O) groups is 1. The van der Waals surface area contributed by atoms with Crippen LogP contribution in [-0.4, -0.2) is 90.7 Å². The molecule has 0 spiro atoms. The predicted octanol–water partition coefficient (Wildman–Crippen LogP) is 0.812. The van der Waals surface area contributed by atoms with E-state index in [4.69, 9.17) is 4.74 Å². The lowest BCUT2D eigenvalue weighted by atomic mass is 9.93. The highest BCUT2D eigenvalue weighted by molar-refractivity contribution is 5.78. The molecular weight excluding hydrogens is 384 g/mol. The standard InChI is InChI=1S/C21H30N6O3/c1-25(2)21-22-13-16-18(24-21)12-17(23-20(16)29)15-4-3-6-27(14-15)19(28)5-7-26-8-10-30-11-9-26/h12-13,15H,3-11,14H2,1-2H3,(H,23,29)/t15-/m1/s1. The Morgan fingerprint density at radius 1 is 1.30 bits per heavy atom. The number of fused-ring (bicyclic) bond motifs is 1. The van der Waals surface area contributed by atoms with Gasteiger partial charge in [0, 0.05) is 71.0 Å². The van der Waals surface area contributed by atoms with Gasteiger partial charge >= 0.3 is 0 Å². The van der Waals surface area contributed by atoms with Crippen LogP contribution in [0, 0.1) is 0 Å². The van der Waals surface area contributed by atoms with E-state index in [1.807, 2.05) is 30.0 Å². The number of nitrogens with one attached hydrogen (secondary N) is 1. The van der Waals surface area contributed by atoms with Crippen LogP contribution in [0.15, 0.2) is 17.1 Å². The van der Waals surface area contributed by atoms with Crippen molar-refractivity contribution >= 4 is 22.8 Å². The lowest BCUT2D eigenvalue weighted by molar-refractivity contribution is -0.133. The first kappa shape index (κ1) is 20.7. The summed E-state index contributed by atoms with van der Waals surface area (Å²) in [5.41, 5.74) is 1.31. The van der Waals surface area contributed by atoms with Gasteiger partial charge in [-0.1, -0.05) is 0 Å². The number of piperidine rings is 1. The molecule has 0 bridgehead atoms. The summed E-state index contributed by atoms with van der Waals surface area (Å²) in [5.74, 6) is 0.870. The van der Waals surface area contributed by atoms with Crippen molar-refractivity contribution in [2.75, 3.05) is 64.9 Å². The number of ether oxygens (including phenoxy) is 1. The van der Waals surface area contributed by atoms with Crippen LogP contribution in [0.4, 0.5) is 5.95 Å². The quantitative estimate of drug-likeness (QED) is 0.774. The topological polar surface area (TPSA) is 94.7 Å². The number of hydrogen-bond acceptors (Lipinski definition) is 7. The Hall–Kier alpha value is -2.52. The number of likely N-dealkylation sites (tertiary alicyclic amines) is 1. The summed E-state index contributed by atoms with van der Waals surface area (Å²) in [5, 5.41) is 0.485. The second kappa shape index (κ2) is 9.09. The van der Waals surface area contributed by atoms with Gasteiger partial charge in [-0.2, -0.15) is 0 Å². The van der Waals surface area contributed by atoms with Crippen molar-refractivity contribution in [2.24, 2.45) is 0 Å². The highest BCUT2D eigenvalue weighted by Crippen LogP contribution is 2.27. The Balaban J connectivity index is 1.46. The Kier molecular flexibility index (Phi) is 6.29. The largest absolute Gasteiger partial charge is 0.379 e. The van der Waals surface area contributed by atoms with Crippen LogP contribution in [-0.2, 0) is 9.53 Å². The van der Waals surface area contributed by atoms with Gasteiger partial charge in [-0.05, 0) is 18.9 Å². The van der Waals surface area contributed by atoms with E-state index in [0.29, 0.717) is 29.8 Å². The summed E-state index contributed by atoms with van der Waals surface area (Å²) in [6.07, 6.45) is 3.98. The molecule has 2 fully saturated rings. The second-order valence-electron chi connectivity index (χ2n) is 8.30. The molecule has 2 aromatic heterocycles. The monoisotopic (exact) mass is 414 g/mol. The van der Waals surface area contributed by atoms with Crippen molar-refractivity contribution in [1.82, 2.24) is 24.8 Å². The van der Waals surface area contributed by atoms with Crippen LogP contribution < -0.4 is 10.5 Å². The number of hydrogen-bond donors (Lipinski definition) is 1. The van der Waals surface area contributed by atoms with Crippen molar-refractivity contribution in [2.45, 2.75) is 25.2 Å². The zero-order chi connectivity index (χ0) is 21.1. The molecule has 0 aliphatic carbocycles. The normalized spacial score (nSPS) is 20.5. The third-order valence-electron chi connectivity index (χ3n) is 5.96. The summed E-state index contributed by atoms with van der Waals surface area (Å²) < 4.78 is 5.37. The van der Waals surface area contributed by atoms with Crippen molar-refractivity contribution in [3.05, 3.63) is 28.3 Å². The number of amides is 1. The average molecular weight is 415 g/mol. The molecule has 1 atom stereocenters. The molecule has 9 nitrogen and oxygen atoms in total. The Labute approximate surface area is 176 Å². The molecular formula is C21H30N6O3. The number of anilines is 1. The molecule has 2 aliphatic heterocycles. The average Bonchev–Trinajstić information content (AvgIpc) is 2.77. The lowest BCUT2D eigenvalue weighted by Crippen LogP contribution is -2.42. The van der Waals surface area contributed by atoms with Crippen LogP contribution in [0.2, 0.25) is 0 Å². The minimum atomic E-state index is -0.177. The molecule has 30 heavy (non-hydrogen) atoms. The molecule has 1 N–H and O–H groups in total. The molecule has 0 aromatic carbocycles. The summed E-state index contributed by atoms with van der Waals surface area (Å²) >= 11 is 0. The van der Waals surface area contributed by atoms with Crippen LogP contribution in [0.1, 0.15) is 30.9 Å². The van der Waals surface area contributed by atoms with Crippen molar-refractivity contribution < 1.29 is 9.53 Å². The molecule has 0 radical (unpaired) electrons.